The number of phenols is 1. The summed E-state index contributed by atoms with van der Waals surface area (Å²) in [7, 11) is 1.08. The van der Waals surface area contributed by atoms with Gasteiger partial charge in [-0.15, -0.1) is 34.5 Å². The maximum Gasteiger partial charge on any atom is 0.339 e. The lowest BCUT2D eigenvalue weighted by Crippen LogP contribution is -2.64. The van der Waals surface area contributed by atoms with E-state index in [-0.39, 0.29) is 59.0 Å². The van der Waals surface area contributed by atoms with Gasteiger partial charge in [-0.05, 0) is 34.0 Å². The highest BCUT2D eigenvalue weighted by molar-refractivity contribution is 7.16. The highest BCUT2D eigenvalue weighted by Crippen LogP contribution is 2.48. The van der Waals surface area contributed by atoms with Crippen LogP contribution in [0.5, 0.6) is 11.5 Å². The van der Waals surface area contributed by atoms with E-state index in [1.165, 1.54) is 0 Å². The zero-order valence-electron chi connectivity index (χ0n) is 34.2. The first-order valence-corrected chi connectivity index (χ1v) is 21.7. The van der Waals surface area contributed by atoms with Gasteiger partial charge in [-0.25, -0.2) is 4.79 Å². The summed E-state index contributed by atoms with van der Waals surface area (Å²) in [6.07, 6.45) is -8.13. The minimum absolute atomic E-state index is 0.0347. The number of benzene rings is 4. The number of alkyl halides is 2. The number of carbonyl (C=O) groups excluding carboxylic acids is 6. The summed E-state index contributed by atoms with van der Waals surface area (Å²) in [5.74, 6) is -4.27. The van der Waals surface area contributed by atoms with Gasteiger partial charge >= 0.3 is 23.9 Å². The molecule has 328 valence electrons. The Morgan fingerprint density at radius 2 is 1.16 bits per heavy atom. The molecule has 4 aromatic carbocycles. The van der Waals surface area contributed by atoms with Gasteiger partial charge in [-0.3, -0.25) is 24.0 Å². The van der Waals surface area contributed by atoms with Gasteiger partial charge in [0.15, 0.2) is 18.3 Å². The monoisotopic (exact) mass is 918 g/mol. The molecule has 63 heavy (non-hydrogen) atoms. The number of hydrogen-bond acceptors (Lipinski definition) is 14. The van der Waals surface area contributed by atoms with Gasteiger partial charge in [0.2, 0.25) is 12.4 Å². The molecule has 8 rings (SSSR count). The number of rotatable bonds is 10. The maximum atomic E-state index is 14.6. The Bertz CT molecular complexity index is 2690. The van der Waals surface area contributed by atoms with Crippen LogP contribution in [0.2, 0.25) is 0 Å². The molecule has 0 bridgehead atoms. The summed E-state index contributed by atoms with van der Waals surface area (Å²) in [6.45, 7) is 3.73. The number of anilines is 2. The number of methoxy groups -OCH3 is 1. The van der Waals surface area contributed by atoms with Gasteiger partial charge in [0.1, 0.15) is 11.5 Å². The van der Waals surface area contributed by atoms with Crippen LogP contribution in [0.15, 0.2) is 72.8 Å². The Hall–Kier alpha value is -5.94. The van der Waals surface area contributed by atoms with E-state index in [1.807, 2.05) is 30.3 Å². The highest BCUT2D eigenvalue weighted by Gasteiger charge is 2.56. The molecule has 3 aliphatic heterocycles. The number of carbonyl (C=O) groups is 6. The van der Waals surface area contributed by atoms with Crippen LogP contribution >= 0.6 is 34.5 Å². The Labute approximate surface area is 374 Å². The van der Waals surface area contributed by atoms with Gasteiger partial charge in [0.05, 0.1) is 28.2 Å². The number of thiophene rings is 1. The van der Waals surface area contributed by atoms with E-state index in [0.29, 0.717) is 32.4 Å². The Morgan fingerprint density at radius 1 is 0.683 bits per heavy atom. The van der Waals surface area contributed by atoms with Crippen molar-refractivity contribution in [2.45, 2.75) is 63.3 Å². The predicted octanol–water partition coefficient (Wildman–Crippen LogP) is 6.80. The molecule has 4 heterocycles. The first-order chi connectivity index (χ1) is 30.2. The van der Waals surface area contributed by atoms with Crippen LogP contribution < -0.4 is 14.5 Å². The van der Waals surface area contributed by atoms with E-state index in [2.05, 4.69) is 0 Å². The first kappa shape index (κ1) is 43.7. The van der Waals surface area contributed by atoms with Crippen molar-refractivity contribution in [3.63, 3.8) is 0 Å². The van der Waals surface area contributed by atoms with Crippen molar-refractivity contribution < 1.29 is 62.3 Å². The molecule has 15 nitrogen and oxygen atoms in total. The minimum atomic E-state index is -1.70. The lowest BCUT2D eigenvalue weighted by molar-refractivity contribution is -0.282. The second kappa shape index (κ2) is 17.7. The SMILES string of the molecule is COC(=O)C1O[C@@H](Oc2cc3c(c4ccccc24)[C@H](CCl)CN3C(=O)c2ccc(C(=O)N3C[C@@H](CCl)c4c3cc(O)c3ccccc43)s2)C(OC(C)=O)C(OC(C)=O)[C@@H]1OC(C)=O. The summed E-state index contributed by atoms with van der Waals surface area (Å²) < 4.78 is 34.0. The predicted molar refractivity (Wildman–Crippen MR) is 232 cm³/mol. The number of amides is 2. The first-order valence-electron chi connectivity index (χ1n) is 19.8. The number of ether oxygens (including phenoxy) is 6. The van der Waals surface area contributed by atoms with Gasteiger partial charge in [-0.1, -0.05) is 48.5 Å². The van der Waals surface area contributed by atoms with Crippen molar-refractivity contribution in [1.29, 1.82) is 0 Å². The van der Waals surface area contributed by atoms with Crippen molar-refractivity contribution in [2.75, 3.05) is 41.8 Å². The van der Waals surface area contributed by atoms with Crippen molar-refractivity contribution in [3.05, 3.63) is 93.7 Å². The molecule has 1 saturated heterocycles. The molecule has 18 heteroatoms. The second-order valence-electron chi connectivity index (χ2n) is 15.2. The van der Waals surface area contributed by atoms with Crippen LogP contribution in [0, 0.1) is 0 Å². The van der Waals surface area contributed by atoms with Crippen LogP contribution in [-0.2, 0) is 42.9 Å². The minimum Gasteiger partial charge on any atom is -0.507 e. The van der Waals surface area contributed by atoms with Crippen molar-refractivity contribution in [2.24, 2.45) is 0 Å². The lowest BCUT2D eigenvalue weighted by atomic mass is 9.95. The highest BCUT2D eigenvalue weighted by atomic mass is 35.5. The number of aromatic hydroxyl groups is 1. The van der Waals surface area contributed by atoms with E-state index in [0.717, 1.165) is 55.7 Å². The second-order valence-corrected chi connectivity index (χ2v) is 16.9. The number of nitrogens with zero attached hydrogens (tertiary/aromatic N) is 2. The van der Waals surface area contributed by atoms with E-state index in [1.54, 1.807) is 52.3 Å². The molecule has 3 aliphatic rings. The summed E-state index contributed by atoms with van der Waals surface area (Å²) in [4.78, 5) is 82.8. The molecule has 1 N–H and O–H groups in total. The van der Waals surface area contributed by atoms with E-state index < -0.39 is 60.5 Å². The van der Waals surface area contributed by atoms with Gasteiger partial charge in [0.25, 0.3) is 11.8 Å². The van der Waals surface area contributed by atoms with Crippen LogP contribution in [0.1, 0.15) is 63.1 Å². The van der Waals surface area contributed by atoms with E-state index in [9.17, 15) is 33.9 Å². The fourth-order valence-corrected chi connectivity index (χ4v) is 10.1. The third kappa shape index (κ3) is 8.01. The Kier molecular flexibility index (Phi) is 12.3. The molecule has 1 fully saturated rings. The van der Waals surface area contributed by atoms with E-state index >= 15 is 0 Å². The van der Waals surface area contributed by atoms with Crippen molar-refractivity contribution in [3.8, 4) is 11.5 Å². The number of hydrogen-bond donors (Lipinski definition) is 1. The fraction of sp³-hybridized carbons (Fsp3) is 0.333. The third-order valence-electron chi connectivity index (χ3n) is 11.2. The third-order valence-corrected chi connectivity index (χ3v) is 13.0. The Morgan fingerprint density at radius 3 is 1.68 bits per heavy atom. The normalized spacial score (nSPS) is 22.6. The van der Waals surface area contributed by atoms with Crippen LogP contribution in [0.4, 0.5) is 11.4 Å². The number of halogens is 2. The number of fused-ring (bicyclic) bond motifs is 6. The molecule has 5 aromatic rings. The summed E-state index contributed by atoms with van der Waals surface area (Å²) in [6, 6.07) is 20.9. The molecule has 2 amide bonds. The molecule has 7 atom stereocenters. The van der Waals surface area contributed by atoms with Crippen LogP contribution in [0.3, 0.4) is 0 Å². The smallest absolute Gasteiger partial charge is 0.339 e. The zero-order valence-corrected chi connectivity index (χ0v) is 36.5. The molecule has 0 spiro atoms. The molecular formula is C45H40Cl2N2O13S. The fourth-order valence-electron chi connectivity index (χ4n) is 8.71. The number of phenolic OH excluding ortho intramolecular Hbond substituents is 1. The van der Waals surface area contributed by atoms with Gasteiger partial charge in [-0.2, -0.15) is 0 Å². The molecule has 0 saturated carbocycles. The molecule has 1 aromatic heterocycles. The topological polar surface area (TPSA) is 185 Å². The zero-order chi connectivity index (χ0) is 44.9. The summed E-state index contributed by atoms with van der Waals surface area (Å²) >= 11 is 14.0. The quantitative estimate of drug-likeness (QED) is 0.0878. The average molecular weight is 920 g/mol. The summed E-state index contributed by atoms with van der Waals surface area (Å²) in [5, 5.41) is 13.6. The number of esters is 4. The largest absolute Gasteiger partial charge is 0.507 e. The average Bonchev–Trinajstić information content (AvgIpc) is 4.01. The van der Waals surface area contributed by atoms with Gasteiger partial charge < -0.3 is 43.3 Å². The molecule has 0 radical (unpaired) electrons. The van der Waals surface area contributed by atoms with Crippen LogP contribution in [-0.4, -0.2) is 103 Å². The molecular weight excluding hydrogens is 879 g/mol. The standard InChI is InChI=1S/C45H40Cl2N2O13S/c1-21(50)58-38-39(59-22(2)51)41(60-23(3)52)45(62-40(38)44(56)57-4)61-33-16-31-37(29-12-8-6-10-27(29)33)25(18-47)20-49(31)43(55)35-14-13-34(63-35)42(54)48-19-24(17-46)36-28-11-7-5-9-26(28)32(53)15-30(36)48/h5-16,24-25,38-41,45,53H,17-20H2,1-4H3/t24-,25-,38+,39?,40?,41?,45-/m1/s1. The Balaban J connectivity index is 1.15. The van der Waals surface area contributed by atoms with Crippen molar-refractivity contribution >= 4 is 103 Å². The van der Waals surface area contributed by atoms with Gasteiger partial charge in [0, 0.05) is 80.4 Å². The van der Waals surface area contributed by atoms with Crippen LogP contribution in [0.25, 0.3) is 21.5 Å². The maximum absolute atomic E-state index is 14.6. The summed E-state index contributed by atoms with van der Waals surface area (Å²) in [5.41, 5.74) is 2.61. The van der Waals surface area contributed by atoms with E-state index in [4.69, 9.17) is 51.6 Å². The molecule has 3 unspecified atom stereocenters. The van der Waals surface area contributed by atoms with Crippen molar-refractivity contribution in [1.82, 2.24) is 0 Å². The molecule has 0 aliphatic carbocycles. The lowest BCUT2D eigenvalue weighted by Gasteiger charge is -2.43.